The monoisotopic (exact) mass is 218 g/mol. The average Bonchev–Trinajstić information content (AvgIpc) is 3.11. The van der Waals surface area contributed by atoms with Crippen molar-refractivity contribution in [1.29, 1.82) is 0 Å². The summed E-state index contributed by atoms with van der Waals surface area (Å²) in [7, 11) is 0. The first-order valence-corrected chi connectivity index (χ1v) is 5.74. The van der Waals surface area contributed by atoms with E-state index in [0.29, 0.717) is 11.6 Å². The van der Waals surface area contributed by atoms with Crippen molar-refractivity contribution in [2.24, 2.45) is 4.99 Å². The van der Waals surface area contributed by atoms with Gasteiger partial charge in [-0.25, -0.2) is 4.99 Å². The van der Waals surface area contributed by atoms with Crippen molar-refractivity contribution in [3.8, 4) is 0 Å². The van der Waals surface area contributed by atoms with Crippen LogP contribution in [-0.4, -0.2) is 23.0 Å². The van der Waals surface area contributed by atoms with Crippen LogP contribution in [0.2, 0.25) is 0 Å². The number of carbonyl (C=O) groups is 1. The van der Waals surface area contributed by atoms with Crippen LogP contribution < -0.4 is 0 Å². The highest BCUT2D eigenvalue weighted by atomic mass is 32.2. The Morgan fingerprint density at radius 1 is 1.47 bits per heavy atom. The summed E-state index contributed by atoms with van der Waals surface area (Å²) in [6.45, 7) is 0. The lowest BCUT2D eigenvalue weighted by Gasteiger charge is -2.22. The lowest BCUT2D eigenvalue weighted by molar-refractivity contribution is 0.112. The zero-order valence-corrected chi connectivity index (χ0v) is 8.91. The molecular formula is C11H10N2OS. The van der Waals surface area contributed by atoms with E-state index in [4.69, 9.17) is 0 Å². The third kappa shape index (κ3) is 1.65. The zero-order valence-electron chi connectivity index (χ0n) is 8.09. The molecule has 0 radical (unpaired) electrons. The molecule has 1 aromatic rings. The molecule has 0 N–H and O–H groups in total. The predicted molar refractivity (Wildman–Crippen MR) is 60.7 cm³/mol. The summed E-state index contributed by atoms with van der Waals surface area (Å²) in [5, 5.41) is 0. The summed E-state index contributed by atoms with van der Waals surface area (Å²) >= 11 is 1.71. The van der Waals surface area contributed by atoms with E-state index < -0.39 is 0 Å². The van der Waals surface area contributed by atoms with Crippen LogP contribution in [0.3, 0.4) is 0 Å². The van der Waals surface area contributed by atoms with Crippen molar-refractivity contribution >= 4 is 30.3 Å². The molecule has 0 atom stereocenters. The largest absolute Gasteiger partial charge is 0.299 e. The first kappa shape index (κ1) is 8.97. The number of fused-ring (bicyclic) bond motifs is 1. The second kappa shape index (κ2) is 3.38. The molecule has 1 fully saturated rings. The van der Waals surface area contributed by atoms with Crippen LogP contribution >= 0.6 is 11.9 Å². The highest BCUT2D eigenvalue weighted by molar-refractivity contribution is 7.97. The summed E-state index contributed by atoms with van der Waals surface area (Å²) in [5.41, 5.74) is 1.59. The molecule has 15 heavy (non-hydrogen) atoms. The highest BCUT2D eigenvalue weighted by Gasteiger charge is 2.30. The van der Waals surface area contributed by atoms with E-state index >= 15 is 0 Å². The van der Waals surface area contributed by atoms with Gasteiger partial charge in [-0.15, -0.1) is 0 Å². The number of rotatable bonds is 2. The molecule has 4 heteroatoms. The van der Waals surface area contributed by atoms with Crippen LogP contribution in [0, 0.1) is 0 Å². The van der Waals surface area contributed by atoms with Crippen molar-refractivity contribution in [2.45, 2.75) is 23.8 Å². The molecule has 1 aromatic carbocycles. The molecule has 0 unspecified atom stereocenters. The SMILES string of the molecule is O=Cc1ccc2c(c1)N=CN(C1CC1)S2. The molecule has 0 spiro atoms. The Balaban J connectivity index is 1.93. The molecule has 3 rings (SSSR count). The molecule has 0 bridgehead atoms. The smallest absolute Gasteiger partial charge is 0.150 e. The Kier molecular flexibility index (Phi) is 2.02. The maximum atomic E-state index is 10.6. The third-order valence-electron chi connectivity index (χ3n) is 2.54. The Hall–Kier alpha value is -1.29. The van der Waals surface area contributed by atoms with E-state index in [9.17, 15) is 4.79 Å². The lowest BCUT2D eigenvalue weighted by atomic mass is 10.2. The first-order valence-electron chi connectivity index (χ1n) is 4.96. The van der Waals surface area contributed by atoms with Gasteiger partial charge in [0.05, 0.1) is 10.6 Å². The molecule has 1 aliphatic carbocycles. The summed E-state index contributed by atoms with van der Waals surface area (Å²) in [6, 6.07) is 6.30. The minimum Gasteiger partial charge on any atom is -0.299 e. The van der Waals surface area contributed by atoms with Gasteiger partial charge in [-0.05, 0) is 36.9 Å². The molecule has 0 saturated heterocycles. The van der Waals surface area contributed by atoms with Crippen LogP contribution in [0.15, 0.2) is 28.1 Å². The first-order chi connectivity index (χ1) is 7.36. The van der Waals surface area contributed by atoms with Crippen molar-refractivity contribution in [3.63, 3.8) is 0 Å². The number of nitrogens with zero attached hydrogens (tertiary/aromatic N) is 2. The van der Waals surface area contributed by atoms with Crippen molar-refractivity contribution in [2.75, 3.05) is 0 Å². The predicted octanol–water partition coefficient (Wildman–Crippen LogP) is 2.64. The fourth-order valence-corrected chi connectivity index (χ4v) is 2.56. The van der Waals surface area contributed by atoms with E-state index in [1.807, 2.05) is 24.5 Å². The van der Waals surface area contributed by atoms with Gasteiger partial charge in [-0.1, -0.05) is 6.07 Å². The Morgan fingerprint density at radius 3 is 3.07 bits per heavy atom. The van der Waals surface area contributed by atoms with E-state index in [-0.39, 0.29) is 0 Å². The molecule has 1 heterocycles. The minimum atomic E-state index is 0.664. The van der Waals surface area contributed by atoms with E-state index in [1.54, 1.807) is 11.9 Å². The topological polar surface area (TPSA) is 32.7 Å². The number of hydrogen-bond acceptors (Lipinski definition) is 4. The average molecular weight is 218 g/mol. The van der Waals surface area contributed by atoms with Gasteiger partial charge >= 0.3 is 0 Å². The maximum Gasteiger partial charge on any atom is 0.150 e. The summed E-state index contributed by atoms with van der Waals surface area (Å²) in [5.74, 6) is 0. The molecule has 3 nitrogen and oxygen atoms in total. The number of carbonyl (C=O) groups excluding carboxylic acids is 1. The Labute approximate surface area is 92.3 Å². The maximum absolute atomic E-state index is 10.6. The molecule has 0 aromatic heterocycles. The lowest BCUT2D eigenvalue weighted by Crippen LogP contribution is -2.17. The number of hydrogen-bond donors (Lipinski definition) is 0. The van der Waals surface area contributed by atoms with E-state index in [1.165, 1.54) is 12.8 Å². The molecule has 1 saturated carbocycles. The minimum absolute atomic E-state index is 0.664. The van der Waals surface area contributed by atoms with Crippen LogP contribution in [0.25, 0.3) is 0 Å². The van der Waals surface area contributed by atoms with Crippen LogP contribution in [0.1, 0.15) is 23.2 Å². The number of aldehydes is 1. The summed E-state index contributed by atoms with van der Waals surface area (Å²) < 4.78 is 2.20. The zero-order chi connectivity index (χ0) is 10.3. The standard InChI is InChI=1S/C11H10N2OS/c14-6-8-1-4-11-10(5-8)12-7-13(15-11)9-2-3-9/h1,4-7,9H,2-3H2. The molecule has 2 aliphatic rings. The molecule has 1 aliphatic heterocycles. The van der Waals surface area contributed by atoms with E-state index in [0.717, 1.165) is 16.9 Å². The fourth-order valence-electron chi connectivity index (χ4n) is 1.54. The fraction of sp³-hybridized carbons (Fsp3) is 0.273. The van der Waals surface area contributed by atoms with Gasteiger partial charge in [0.15, 0.2) is 0 Å². The number of aliphatic imine (C=N–C) groups is 1. The van der Waals surface area contributed by atoms with E-state index in [2.05, 4.69) is 9.30 Å². The second-order valence-electron chi connectivity index (χ2n) is 3.77. The van der Waals surface area contributed by atoms with Gasteiger partial charge in [0.1, 0.15) is 12.6 Å². The van der Waals surface area contributed by atoms with Gasteiger partial charge in [0.25, 0.3) is 0 Å². The quantitative estimate of drug-likeness (QED) is 0.565. The van der Waals surface area contributed by atoms with Crippen molar-refractivity contribution in [1.82, 2.24) is 4.31 Å². The third-order valence-corrected chi connectivity index (χ3v) is 3.69. The van der Waals surface area contributed by atoms with Crippen LogP contribution in [0.4, 0.5) is 5.69 Å². The Morgan fingerprint density at radius 2 is 2.33 bits per heavy atom. The summed E-state index contributed by atoms with van der Waals surface area (Å²) in [4.78, 5) is 16.1. The molecular weight excluding hydrogens is 208 g/mol. The van der Waals surface area contributed by atoms with Crippen LogP contribution in [-0.2, 0) is 0 Å². The normalized spacial score (nSPS) is 18.8. The molecule has 0 amide bonds. The molecule has 76 valence electrons. The second-order valence-corrected chi connectivity index (χ2v) is 4.82. The van der Waals surface area contributed by atoms with Crippen LogP contribution in [0.5, 0.6) is 0 Å². The highest BCUT2D eigenvalue weighted by Crippen LogP contribution is 2.41. The van der Waals surface area contributed by atoms with Gasteiger partial charge < -0.3 is 0 Å². The number of benzene rings is 1. The van der Waals surface area contributed by atoms with Gasteiger partial charge in [0, 0.05) is 11.6 Å². The van der Waals surface area contributed by atoms with Gasteiger partial charge in [-0.2, -0.15) is 0 Å². The summed E-state index contributed by atoms with van der Waals surface area (Å²) in [6.07, 6.45) is 5.26. The van der Waals surface area contributed by atoms with Gasteiger partial charge in [0.2, 0.25) is 0 Å². The Bertz CT molecular complexity index is 440. The van der Waals surface area contributed by atoms with Crippen molar-refractivity contribution < 1.29 is 4.79 Å². The van der Waals surface area contributed by atoms with Gasteiger partial charge in [-0.3, -0.25) is 9.10 Å². The van der Waals surface area contributed by atoms with Crippen molar-refractivity contribution in [3.05, 3.63) is 23.8 Å².